The van der Waals surface area contributed by atoms with Crippen molar-refractivity contribution in [1.82, 2.24) is 15.1 Å². The van der Waals surface area contributed by atoms with Crippen molar-refractivity contribution in [2.24, 2.45) is 0 Å². The lowest BCUT2D eigenvalue weighted by Crippen LogP contribution is -2.13. The summed E-state index contributed by atoms with van der Waals surface area (Å²) in [4.78, 5) is 18.6. The third-order valence-electron chi connectivity index (χ3n) is 2.84. The third-order valence-corrected chi connectivity index (χ3v) is 2.84. The molecule has 1 saturated carbocycles. The molecule has 0 atom stereocenters. The summed E-state index contributed by atoms with van der Waals surface area (Å²) in [6, 6.07) is 3.30. The van der Waals surface area contributed by atoms with Gasteiger partial charge in [0, 0.05) is 18.1 Å². The molecular formula is C12H14N4O2. The van der Waals surface area contributed by atoms with Crippen molar-refractivity contribution in [3.05, 3.63) is 39.8 Å². The van der Waals surface area contributed by atoms with Crippen LogP contribution in [0.25, 0.3) is 0 Å². The van der Waals surface area contributed by atoms with E-state index in [1.165, 1.54) is 6.07 Å². The smallest absolute Gasteiger partial charge is 0.252 e. The van der Waals surface area contributed by atoms with Crippen LogP contribution in [-0.4, -0.2) is 15.1 Å². The molecule has 0 aliphatic heterocycles. The zero-order valence-electron chi connectivity index (χ0n) is 10.1. The molecule has 6 nitrogen and oxygen atoms in total. The highest BCUT2D eigenvalue weighted by Crippen LogP contribution is 2.37. The molecule has 0 aromatic carbocycles. The van der Waals surface area contributed by atoms with Gasteiger partial charge in [0.25, 0.3) is 5.56 Å². The molecule has 94 valence electrons. The number of nitrogens with zero attached hydrogens (tertiary/aromatic N) is 2. The van der Waals surface area contributed by atoms with Gasteiger partial charge in [0.1, 0.15) is 11.6 Å². The zero-order valence-corrected chi connectivity index (χ0v) is 10.1. The molecule has 2 aromatic rings. The normalized spacial score (nSPS) is 14.7. The second-order valence-electron chi connectivity index (χ2n) is 4.58. The van der Waals surface area contributed by atoms with Crippen molar-refractivity contribution in [2.45, 2.75) is 32.2 Å². The molecule has 18 heavy (non-hydrogen) atoms. The predicted molar refractivity (Wildman–Crippen MR) is 65.4 cm³/mol. The number of hydrogen-bond acceptors (Lipinski definition) is 5. The van der Waals surface area contributed by atoms with E-state index in [-0.39, 0.29) is 5.56 Å². The van der Waals surface area contributed by atoms with Crippen molar-refractivity contribution < 1.29 is 4.52 Å². The second-order valence-corrected chi connectivity index (χ2v) is 4.58. The number of aromatic nitrogens is 3. The number of aromatic amines is 1. The van der Waals surface area contributed by atoms with Crippen molar-refractivity contribution >= 4 is 5.82 Å². The first-order chi connectivity index (χ1) is 8.70. The lowest BCUT2D eigenvalue weighted by molar-refractivity contribution is 0.384. The van der Waals surface area contributed by atoms with E-state index in [0.717, 1.165) is 30.1 Å². The molecular weight excluding hydrogens is 232 g/mol. The van der Waals surface area contributed by atoms with Crippen LogP contribution in [0.3, 0.4) is 0 Å². The van der Waals surface area contributed by atoms with E-state index < -0.39 is 0 Å². The minimum Gasteiger partial charge on any atom is -0.362 e. The summed E-state index contributed by atoms with van der Waals surface area (Å²) in [5.74, 6) is 2.50. The Hall–Kier alpha value is -2.11. The maximum atomic E-state index is 11.5. The monoisotopic (exact) mass is 246 g/mol. The van der Waals surface area contributed by atoms with Gasteiger partial charge in [0.05, 0.1) is 12.2 Å². The lowest BCUT2D eigenvalue weighted by Gasteiger charge is -2.04. The van der Waals surface area contributed by atoms with E-state index >= 15 is 0 Å². The maximum Gasteiger partial charge on any atom is 0.252 e. The quantitative estimate of drug-likeness (QED) is 0.855. The molecule has 0 radical (unpaired) electrons. The molecule has 0 unspecified atom stereocenters. The average molecular weight is 246 g/mol. The standard InChI is InChI=1S/C12H14N4O2/c1-7-4-9(18-16-7)6-13-10-5-11(17)15-12(14-10)8-2-3-8/h4-5,8H,2-3,6H2,1H3,(H2,13,14,15,17). The number of anilines is 1. The summed E-state index contributed by atoms with van der Waals surface area (Å²) in [6.07, 6.45) is 2.21. The highest BCUT2D eigenvalue weighted by molar-refractivity contribution is 5.34. The van der Waals surface area contributed by atoms with E-state index in [9.17, 15) is 4.79 Å². The first-order valence-electron chi connectivity index (χ1n) is 5.98. The summed E-state index contributed by atoms with van der Waals surface area (Å²) in [7, 11) is 0. The molecule has 1 fully saturated rings. The van der Waals surface area contributed by atoms with Gasteiger partial charge in [-0.15, -0.1) is 0 Å². The Balaban J connectivity index is 1.73. The molecule has 1 aliphatic carbocycles. The molecule has 0 amide bonds. The fourth-order valence-electron chi connectivity index (χ4n) is 1.79. The highest BCUT2D eigenvalue weighted by atomic mass is 16.5. The summed E-state index contributed by atoms with van der Waals surface area (Å²) in [5, 5.41) is 6.87. The average Bonchev–Trinajstić information content (AvgIpc) is 3.10. The van der Waals surface area contributed by atoms with Gasteiger partial charge >= 0.3 is 0 Å². The van der Waals surface area contributed by atoms with Gasteiger partial charge < -0.3 is 14.8 Å². The number of H-pyrrole nitrogens is 1. The van der Waals surface area contributed by atoms with Crippen LogP contribution in [0, 0.1) is 6.92 Å². The van der Waals surface area contributed by atoms with Crippen LogP contribution in [0.5, 0.6) is 0 Å². The first kappa shape index (κ1) is 11.0. The lowest BCUT2D eigenvalue weighted by atomic mass is 10.3. The topological polar surface area (TPSA) is 83.8 Å². The summed E-state index contributed by atoms with van der Waals surface area (Å²) in [5.41, 5.74) is 0.715. The van der Waals surface area contributed by atoms with Gasteiger partial charge in [0.15, 0.2) is 5.76 Å². The van der Waals surface area contributed by atoms with Gasteiger partial charge in [-0.2, -0.15) is 0 Å². The maximum absolute atomic E-state index is 11.5. The summed E-state index contributed by atoms with van der Waals surface area (Å²) >= 11 is 0. The Morgan fingerprint density at radius 1 is 1.50 bits per heavy atom. The van der Waals surface area contributed by atoms with Crippen LogP contribution < -0.4 is 10.9 Å². The highest BCUT2D eigenvalue weighted by Gasteiger charge is 2.26. The van der Waals surface area contributed by atoms with E-state index in [2.05, 4.69) is 20.4 Å². The van der Waals surface area contributed by atoms with E-state index in [1.807, 2.05) is 13.0 Å². The van der Waals surface area contributed by atoms with Gasteiger partial charge in [-0.3, -0.25) is 4.79 Å². The number of rotatable bonds is 4. The van der Waals surface area contributed by atoms with Crippen LogP contribution in [-0.2, 0) is 6.54 Å². The second kappa shape index (κ2) is 4.29. The van der Waals surface area contributed by atoms with Crippen molar-refractivity contribution in [3.63, 3.8) is 0 Å². The number of nitrogens with one attached hydrogen (secondary N) is 2. The Morgan fingerprint density at radius 2 is 2.33 bits per heavy atom. The molecule has 0 saturated heterocycles. The molecule has 0 spiro atoms. The van der Waals surface area contributed by atoms with Crippen molar-refractivity contribution in [3.8, 4) is 0 Å². The molecule has 3 rings (SSSR count). The van der Waals surface area contributed by atoms with Crippen LogP contribution in [0.15, 0.2) is 21.5 Å². The van der Waals surface area contributed by atoms with Crippen LogP contribution >= 0.6 is 0 Å². The minimum atomic E-state index is -0.122. The number of hydrogen-bond donors (Lipinski definition) is 2. The van der Waals surface area contributed by atoms with Crippen LogP contribution in [0.1, 0.15) is 36.0 Å². The molecule has 2 heterocycles. The van der Waals surface area contributed by atoms with Gasteiger partial charge in [-0.25, -0.2) is 4.98 Å². The van der Waals surface area contributed by atoms with E-state index in [4.69, 9.17) is 4.52 Å². The van der Waals surface area contributed by atoms with Crippen molar-refractivity contribution in [2.75, 3.05) is 5.32 Å². The Bertz CT molecular complexity index is 613. The van der Waals surface area contributed by atoms with Gasteiger partial charge in [0.2, 0.25) is 0 Å². The van der Waals surface area contributed by atoms with Crippen LogP contribution in [0.2, 0.25) is 0 Å². The molecule has 2 aromatic heterocycles. The summed E-state index contributed by atoms with van der Waals surface area (Å²) < 4.78 is 5.08. The third kappa shape index (κ3) is 2.42. The molecule has 2 N–H and O–H groups in total. The molecule has 0 bridgehead atoms. The Kier molecular flexibility index (Phi) is 2.62. The van der Waals surface area contributed by atoms with Crippen LogP contribution in [0.4, 0.5) is 5.82 Å². The first-order valence-corrected chi connectivity index (χ1v) is 5.98. The predicted octanol–water partition coefficient (Wildman–Crippen LogP) is 1.56. The summed E-state index contributed by atoms with van der Waals surface area (Å²) in [6.45, 7) is 2.34. The Morgan fingerprint density at radius 3 is 3.00 bits per heavy atom. The largest absolute Gasteiger partial charge is 0.362 e. The van der Waals surface area contributed by atoms with E-state index in [1.54, 1.807) is 0 Å². The fraction of sp³-hybridized carbons (Fsp3) is 0.417. The van der Waals surface area contributed by atoms with Gasteiger partial charge in [-0.1, -0.05) is 5.16 Å². The van der Waals surface area contributed by atoms with Crippen molar-refractivity contribution in [1.29, 1.82) is 0 Å². The SMILES string of the molecule is Cc1cc(CNc2cc(=O)[nH]c(C3CC3)n2)on1. The Labute approximate surface area is 103 Å². The number of aryl methyl sites for hydroxylation is 1. The van der Waals surface area contributed by atoms with Gasteiger partial charge in [-0.05, 0) is 19.8 Å². The van der Waals surface area contributed by atoms with E-state index in [0.29, 0.717) is 18.3 Å². The zero-order chi connectivity index (χ0) is 12.5. The minimum absolute atomic E-state index is 0.122. The molecule has 6 heteroatoms. The fourth-order valence-corrected chi connectivity index (χ4v) is 1.79. The molecule has 1 aliphatic rings.